The van der Waals surface area contributed by atoms with E-state index >= 15 is 0 Å². The van der Waals surface area contributed by atoms with Crippen LogP contribution in [0.4, 0.5) is 11.5 Å². The average molecular weight is 295 g/mol. The Morgan fingerprint density at radius 2 is 2.48 bits per heavy atom. The molecule has 114 valence electrons. The highest BCUT2D eigenvalue weighted by atomic mass is 16.6. The summed E-state index contributed by atoms with van der Waals surface area (Å²) in [5.74, 6) is -0.512. The number of rotatable bonds is 6. The van der Waals surface area contributed by atoms with Gasteiger partial charge in [0.05, 0.1) is 23.7 Å². The lowest BCUT2D eigenvalue weighted by Gasteiger charge is -2.10. The van der Waals surface area contributed by atoms with Crippen molar-refractivity contribution in [1.82, 2.24) is 4.98 Å². The molecule has 8 heteroatoms. The van der Waals surface area contributed by atoms with Gasteiger partial charge in [-0.3, -0.25) is 10.1 Å². The lowest BCUT2D eigenvalue weighted by molar-refractivity contribution is -0.384. The number of carbonyl (C=O) groups is 1. The van der Waals surface area contributed by atoms with Gasteiger partial charge in [-0.2, -0.15) is 0 Å². The van der Waals surface area contributed by atoms with Gasteiger partial charge >= 0.3 is 11.7 Å². The minimum absolute atomic E-state index is 0.0499. The third kappa shape index (κ3) is 3.88. The van der Waals surface area contributed by atoms with Crippen molar-refractivity contribution < 1.29 is 19.2 Å². The Bertz CT molecular complexity index is 529. The van der Waals surface area contributed by atoms with Crippen LogP contribution in [0.3, 0.4) is 0 Å². The molecule has 0 aromatic carbocycles. The number of hydrogen-bond acceptors (Lipinski definition) is 7. The third-order valence-electron chi connectivity index (χ3n) is 3.27. The summed E-state index contributed by atoms with van der Waals surface area (Å²) in [5, 5.41) is 14.0. The van der Waals surface area contributed by atoms with Gasteiger partial charge in [0.15, 0.2) is 0 Å². The largest absolute Gasteiger partial charge is 0.465 e. The minimum atomic E-state index is -0.656. The van der Waals surface area contributed by atoms with E-state index < -0.39 is 10.9 Å². The lowest BCUT2D eigenvalue weighted by atomic mass is 10.2. The second-order valence-electron chi connectivity index (χ2n) is 4.69. The zero-order chi connectivity index (χ0) is 15.2. The van der Waals surface area contributed by atoms with Gasteiger partial charge in [0, 0.05) is 25.4 Å². The molecule has 1 atom stereocenters. The third-order valence-corrected chi connectivity index (χ3v) is 3.27. The zero-order valence-corrected chi connectivity index (χ0v) is 11.7. The van der Waals surface area contributed by atoms with Crippen LogP contribution in [-0.2, 0) is 9.47 Å². The predicted molar refractivity (Wildman–Crippen MR) is 74.3 cm³/mol. The molecular weight excluding hydrogens is 278 g/mol. The molecule has 1 saturated heterocycles. The number of nitro groups is 1. The molecule has 21 heavy (non-hydrogen) atoms. The number of carbonyl (C=O) groups excluding carboxylic acids is 1. The molecule has 2 heterocycles. The first-order valence-corrected chi connectivity index (χ1v) is 6.70. The van der Waals surface area contributed by atoms with E-state index in [-0.39, 0.29) is 23.2 Å². The van der Waals surface area contributed by atoms with Gasteiger partial charge in [-0.1, -0.05) is 0 Å². The molecule has 1 aromatic heterocycles. The monoisotopic (exact) mass is 295 g/mol. The molecule has 1 aromatic rings. The number of methoxy groups -OCH3 is 1. The van der Waals surface area contributed by atoms with Crippen LogP contribution in [0, 0.1) is 10.1 Å². The van der Waals surface area contributed by atoms with Crippen LogP contribution in [0.25, 0.3) is 0 Å². The number of ether oxygens (including phenoxy) is 2. The van der Waals surface area contributed by atoms with Gasteiger partial charge in [0.25, 0.3) is 0 Å². The summed E-state index contributed by atoms with van der Waals surface area (Å²) >= 11 is 0. The highest BCUT2D eigenvalue weighted by molar-refractivity contribution is 5.90. The molecule has 0 radical (unpaired) electrons. The van der Waals surface area contributed by atoms with Crippen molar-refractivity contribution in [2.75, 3.05) is 25.6 Å². The summed E-state index contributed by atoms with van der Waals surface area (Å²) in [4.78, 5) is 25.8. The topological polar surface area (TPSA) is 104 Å². The van der Waals surface area contributed by atoms with E-state index in [9.17, 15) is 14.9 Å². The molecule has 8 nitrogen and oxygen atoms in total. The first kappa shape index (κ1) is 15.2. The first-order chi connectivity index (χ1) is 10.1. The highest BCUT2D eigenvalue weighted by Crippen LogP contribution is 2.23. The number of hydrogen-bond donors (Lipinski definition) is 1. The van der Waals surface area contributed by atoms with Crippen LogP contribution in [0.5, 0.6) is 0 Å². The fraction of sp³-hybridized carbons (Fsp3) is 0.538. The molecule has 0 amide bonds. The van der Waals surface area contributed by atoms with Crippen LogP contribution in [0.1, 0.15) is 29.6 Å². The Hall–Kier alpha value is -2.22. The molecule has 1 N–H and O–H groups in total. The zero-order valence-electron chi connectivity index (χ0n) is 11.7. The molecule has 1 aliphatic rings. The van der Waals surface area contributed by atoms with Crippen LogP contribution in [0.15, 0.2) is 12.3 Å². The molecular formula is C13H17N3O5. The van der Waals surface area contributed by atoms with Crippen molar-refractivity contribution in [1.29, 1.82) is 0 Å². The predicted octanol–water partition coefficient (Wildman–Crippen LogP) is 1.76. The maximum Gasteiger partial charge on any atom is 0.339 e. The van der Waals surface area contributed by atoms with E-state index in [2.05, 4.69) is 15.0 Å². The van der Waals surface area contributed by atoms with Gasteiger partial charge in [-0.25, -0.2) is 9.78 Å². The number of nitrogens with one attached hydrogen (secondary N) is 1. The summed E-state index contributed by atoms with van der Waals surface area (Å²) in [6.45, 7) is 1.30. The second-order valence-corrected chi connectivity index (χ2v) is 4.69. The molecule has 1 aliphatic heterocycles. The average Bonchev–Trinajstić information content (AvgIpc) is 2.99. The number of aromatic nitrogens is 1. The molecule has 0 saturated carbocycles. The maximum atomic E-state index is 11.4. The Balaban J connectivity index is 2.03. The van der Waals surface area contributed by atoms with E-state index in [0.717, 1.165) is 31.9 Å². The molecule has 0 spiro atoms. The van der Waals surface area contributed by atoms with Crippen LogP contribution >= 0.6 is 0 Å². The summed E-state index contributed by atoms with van der Waals surface area (Å²) in [6.07, 6.45) is 4.28. The Kier molecular flexibility index (Phi) is 5.04. The van der Waals surface area contributed by atoms with Crippen LogP contribution < -0.4 is 5.32 Å². The van der Waals surface area contributed by atoms with Crippen molar-refractivity contribution >= 4 is 17.5 Å². The molecule has 0 bridgehead atoms. The summed E-state index contributed by atoms with van der Waals surface area (Å²) in [6, 6.07) is 1.16. The van der Waals surface area contributed by atoms with Crippen LogP contribution in [-0.4, -0.2) is 42.2 Å². The van der Waals surface area contributed by atoms with Gasteiger partial charge in [0.2, 0.25) is 5.82 Å². The molecule has 2 rings (SSSR count). The Labute approximate surface area is 121 Å². The number of nitrogens with zero attached hydrogens (tertiary/aromatic N) is 2. The van der Waals surface area contributed by atoms with E-state index in [1.807, 2.05) is 0 Å². The highest BCUT2D eigenvalue weighted by Gasteiger charge is 2.20. The van der Waals surface area contributed by atoms with E-state index in [0.29, 0.717) is 6.54 Å². The quantitative estimate of drug-likeness (QED) is 0.484. The molecule has 1 unspecified atom stereocenters. The van der Waals surface area contributed by atoms with Crippen LogP contribution in [0.2, 0.25) is 0 Å². The summed E-state index contributed by atoms with van der Waals surface area (Å²) < 4.78 is 10.00. The fourth-order valence-electron chi connectivity index (χ4n) is 2.18. The first-order valence-electron chi connectivity index (χ1n) is 6.70. The Morgan fingerprint density at radius 1 is 1.67 bits per heavy atom. The van der Waals surface area contributed by atoms with Crippen molar-refractivity contribution in [3.05, 3.63) is 27.9 Å². The van der Waals surface area contributed by atoms with E-state index in [1.165, 1.54) is 13.3 Å². The lowest BCUT2D eigenvalue weighted by Crippen LogP contribution is -2.14. The fourth-order valence-corrected chi connectivity index (χ4v) is 2.18. The summed E-state index contributed by atoms with van der Waals surface area (Å²) in [7, 11) is 1.21. The number of esters is 1. The van der Waals surface area contributed by atoms with Gasteiger partial charge < -0.3 is 14.8 Å². The van der Waals surface area contributed by atoms with E-state index in [4.69, 9.17) is 4.74 Å². The van der Waals surface area contributed by atoms with Crippen molar-refractivity contribution in [3.8, 4) is 0 Å². The molecule has 1 fully saturated rings. The SMILES string of the molecule is COC(=O)c1cnc(NCCC2CCCO2)c([N+](=O)[O-])c1. The van der Waals surface area contributed by atoms with Gasteiger partial charge in [-0.15, -0.1) is 0 Å². The smallest absolute Gasteiger partial charge is 0.339 e. The summed E-state index contributed by atoms with van der Waals surface area (Å²) in [5.41, 5.74) is -0.195. The Morgan fingerprint density at radius 3 is 3.10 bits per heavy atom. The maximum absolute atomic E-state index is 11.4. The van der Waals surface area contributed by atoms with Crippen molar-refractivity contribution in [2.45, 2.75) is 25.4 Å². The van der Waals surface area contributed by atoms with Crippen molar-refractivity contribution in [2.24, 2.45) is 0 Å². The van der Waals surface area contributed by atoms with Crippen molar-refractivity contribution in [3.63, 3.8) is 0 Å². The second kappa shape index (κ2) is 6.98. The van der Waals surface area contributed by atoms with E-state index in [1.54, 1.807) is 0 Å². The molecule has 0 aliphatic carbocycles. The number of anilines is 1. The standard InChI is InChI=1S/C13H17N3O5/c1-20-13(17)9-7-11(16(18)19)12(15-8-9)14-5-4-10-3-2-6-21-10/h7-8,10H,2-6H2,1H3,(H,14,15). The minimum Gasteiger partial charge on any atom is -0.465 e. The number of pyridine rings is 1. The normalized spacial score (nSPS) is 17.5. The van der Waals surface area contributed by atoms with Gasteiger partial charge in [0.1, 0.15) is 0 Å². The van der Waals surface area contributed by atoms with Gasteiger partial charge in [-0.05, 0) is 19.3 Å².